The van der Waals surface area contributed by atoms with Crippen molar-refractivity contribution in [3.8, 4) is 0 Å². The monoisotopic (exact) mass is 153 g/mol. The van der Waals surface area contributed by atoms with Crippen molar-refractivity contribution < 1.29 is 4.79 Å². The summed E-state index contributed by atoms with van der Waals surface area (Å²) in [5, 5.41) is 7.48. The summed E-state index contributed by atoms with van der Waals surface area (Å²) < 4.78 is 1.60. The Balaban J connectivity index is 3.04. The lowest BCUT2D eigenvalue weighted by Crippen LogP contribution is -2.00. The van der Waals surface area contributed by atoms with E-state index in [2.05, 4.69) is 10.3 Å². The number of ketones is 1. The van der Waals surface area contributed by atoms with Gasteiger partial charge in [-0.3, -0.25) is 9.48 Å². The molecule has 1 aromatic heterocycles. The first-order valence-corrected chi connectivity index (χ1v) is 3.56. The van der Waals surface area contributed by atoms with Gasteiger partial charge < -0.3 is 0 Å². The highest BCUT2D eigenvalue weighted by atomic mass is 16.1. The van der Waals surface area contributed by atoms with Crippen molar-refractivity contribution in [3.63, 3.8) is 0 Å². The third-order valence-corrected chi connectivity index (χ3v) is 1.69. The van der Waals surface area contributed by atoms with Gasteiger partial charge in [0.1, 0.15) is 0 Å². The van der Waals surface area contributed by atoms with E-state index in [-0.39, 0.29) is 5.78 Å². The number of rotatable bonds is 2. The van der Waals surface area contributed by atoms with E-state index >= 15 is 0 Å². The molecule has 0 aliphatic heterocycles. The second-order valence-corrected chi connectivity index (χ2v) is 2.42. The molecule has 0 unspecified atom stereocenters. The number of hydrogen-bond donors (Lipinski definition) is 0. The minimum absolute atomic E-state index is 0.0515. The number of carbonyl (C=O) groups excluding carboxylic acids is 1. The van der Waals surface area contributed by atoms with Crippen molar-refractivity contribution in [2.24, 2.45) is 7.05 Å². The van der Waals surface area contributed by atoms with Gasteiger partial charge in [0, 0.05) is 13.5 Å². The predicted molar refractivity (Wildman–Crippen MR) is 40.4 cm³/mol. The highest BCUT2D eigenvalue weighted by Gasteiger charge is 2.11. The number of nitrogens with zero attached hydrogens (tertiary/aromatic N) is 3. The summed E-state index contributed by atoms with van der Waals surface area (Å²) in [6, 6.07) is 0. The fourth-order valence-corrected chi connectivity index (χ4v) is 0.829. The van der Waals surface area contributed by atoms with Crippen molar-refractivity contribution in [1.82, 2.24) is 15.0 Å². The first-order valence-electron chi connectivity index (χ1n) is 3.56. The van der Waals surface area contributed by atoms with Crippen LogP contribution in [0.2, 0.25) is 0 Å². The van der Waals surface area contributed by atoms with Crippen LogP contribution in [-0.4, -0.2) is 20.8 Å². The molecule has 11 heavy (non-hydrogen) atoms. The van der Waals surface area contributed by atoms with E-state index in [1.807, 2.05) is 13.8 Å². The van der Waals surface area contributed by atoms with Gasteiger partial charge in [-0.1, -0.05) is 12.1 Å². The summed E-state index contributed by atoms with van der Waals surface area (Å²) >= 11 is 0. The van der Waals surface area contributed by atoms with Gasteiger partial charge in [-0.2, -0.15) is 0 Å². The molecule has 1 rings (SSSR count). The molecule has 60 valence electrons. The van der Waals surface area contributed by atoms with E-state index in [1.165, 1.54) is 0 Å². The van der Waals surface area contributed by atoms with Crippen LogP contribution in [-0.2, 0) is 7.05 Å². The van der Waals surface area contributed by atoms with Gasteiger partial charge in [-0.25, -0.2) is 0 Å². The first kappa shape index (κ1) is 7.91. The molecule has 4 heteroatoms. The zero-order chi connectivity index (χ0) is 8.43. The molecule has 0 radical (unpaired) electrons. The van der Waals surface area contributed by atoms with E-state index in [1.54, 1.807) is 11.7 Å². The number of aromatic nitrogens is 3. The maximum Gasteiger partial charge on any atom is 0.184 e. The number of carbonyl (C=O) groups is 1. The van der Waals surface area contributed by atoms with Crippen LogP contribution >= 0.6 is 0 Å². The van der Waals surface area contributed by atoms with Crippen LogP contribution in [0.15, 0.2) is 0 Å². The summed E-state index contributed by atoms with van der Waals surface area (Å²) in [7, 11) is 1.77. The predicted octanol–water partition coefficient (Wildman–Crippen LogP) is 0.716. The Morgan fingerprint density at radius 3 is 2.64 bits per heavy atom. The van der Waals surface area contributed by atoms with Crippen molar-refractivity contribution >= 4 is 5.78 Å². The largest absolute Gasteiger partial charge is 0.292 e. The van der Waals surface area contributed by atoms with Crippen LogP contribution in [0, 0.1) is 6.92 Å². The van der Waals surface area contributed by atoms with E-state index < -0.39 is 0 Å². The van der Waals surface area contributed by atoms with Crippen molar-refractivity contribution in [3.05, 3.63) is 11.4 Å². The average Bonchev–Trinajstić information content (AvgIpc) is 2.32. The van der Waals surface area contributed by atoms with E-state index in [4.69, 9.17) is 0 Å². The van der Waals surface area contributed by atoms with E-state index in [9.17, 15) is 4.79 Å². The molecule has 0 aromatic carbocycles. The van der Waals surface area contributed by atoms with Gasteiger partial charge in [-0.05, 0) is 6.92 Å². The van der Waals surface area contributed by atoms with Gasteiger partial charge in [0.25, 0.3) is 0 Å². The standard InChI is InChI=1S/C7H11N3O/c1-4-6(11)7-5(2)10(3)9-8-7/h4H2,1-3H3. The summed E-state index contributed by atoms with van der Waals surface area (Å²) in [5.74, 6) is 0.0515. The topological polar surface area (TPSA) is 47.8 Å². The molecule has 0 spiro atoms. The molecule has 0 saturated carbocycles. The Bertz CT molecular complexity index is 277. The Labute approximate surface area is 65.2 Å². The SMILES string of the molecule is CCC(=O)c1nnn(C)c1C. The van der Waals surface area contributed by atoms with E-state index in [0.29, 0.717) is 12.1 Å². The van der Waals surface area contributed by atoms with Crippen molar-refractivity contribution in [1.29, 1.82) is 0 Å². The third kappa shape index (κ3) is 1.29. The molecule has 0 bridgehead atoms. The second kappa shape index (κ2) is 2.82. The van der Waals surface area contributed by atoms with Gasteiger partial charge in [0.15, 0.2) is 11.5 Å². The molecule has 0 fully saturated rings. The molecular weight excluding hydrogens is 142 g/mol. The maximum absolute atomic E-state index is 11.1. The lowest BCUT2D eigenvalue weighted by Gasteiger charge is -1.92. The normalized spacial score (nSPS) is 10.1. The zero-order valence-electron chi connectivity index (χ0n) is 6.96. The summed E-state index contributed by atoms with van der Waals surface area (Å²) in [6.45, 7) is 3.65. The van der Waals surface area contributed by atoms with Crippen LogP contribution in [0.4, 0.5) is 0 Å². The Hall–Kier alpha value is -1.19. The van der Waals surface area contributed by atoms with Gasteiger partial charge >= 0.3 is 0 Å². The van der Waals surface area contributed by atoms with Crippen LogP contribution in [0.1, 0.15) is 29.5 Å². The van der Waals surface area contributed by atoms with Crippen molar-refractivity contribution in [2.75, 3.05) is 0 Å². The fourth-order valence-electron chi connectivity index (χ4n) is 0.829. The van der Waals surface area contributed by atoms with Crippen LogP contribution in [0.25, 0.3) is 0 Å². The molecule has 0 aliphatic rings. The van der Waals surface area contributed by atoms with Crippen LogP contribution in [0.3, 0.4) is 0 Å². The highest BCUT2D eigenvalue weighted by molar-refractivity contribution is 5.94. The van der Waals surface area contributed by atoms with Gasteiger partial charge in [-0.15, -0.1) is 5.10 Å². The quantitative estimate of drug-likeness (QED) is 0.588. The van der Waals surface area contributed by atoms with Gasteiger partial charge in [0.2, 0.25) is 0 Å². The summed E-state index contributed by atoms with van der Waals surface area (Å²) in [4.78, 5) is 11.1. The average molecular weight is 153 g/mol. The minimum atomic E-state index is 0.0515. The van der Waals surface area contributed by atoms with Crippen LogP contribution in [0.5, 0.6) is 0 Å². The molecule has 1 aromatic rings. The maximum atomic E-state index is 11.1. The lowest BCUT2D eigenvalue weighted by molar-refractivity contribution is 0.0982. The fraction of sp³-hybridized carbons (Fsp3) is 0.571. The number of Topliss-reactive ketones (excluding diaryl/α,β-unsaturated/α-hetero) is 1. The minimum Gasteiger partial charge on any atom is -0.292 e. The van der Waals surface area contributed by atoms with Crippen LogP contribution < -0.4 is 0 Å². The molecule has 1 heterocycles. The Morgan fingerprint density at radius 1 is 1.64 bits per heavy atom. The molecule has 4 nitrogen and oxygen atoms in total. The number of aryl methyl sites for hydroxylation is 1. The summed E-state index contributed by atoms with van der Waals surface area (Å²) in [5.41, 5.74) is 1.33. The smallest absolute Gasteiger partial charge is 0.184 e. The molecule has 0 aliphatic carbocycles. The lowest BCUT2D eigenvalue weighted by atomic mass is 10.2. The second-order valence-electron chi connectivity index (χ2n) is 2.42. The van der Waals surface area contributed by atoms with Gasteiger partial charge in [0.05, 0.1) is 5.69 Å². The Morgan fingerprint density at radius 2 is 2.27 bits per heavy atom. The molecule has 0 N–H and O–H groups in total. The third-order valence-electron chi connectivity index (χ3n) is 1.69. The Kier molecular flexibility index (Phi) is 2.03. The molecular formula is C7H11N3O. The molecule has 0 amide bonds. The molecule has 0 saturated heterocycles. The number of hydrogen-bond acceptors (Lipinski definition) is 3. The first-order chi connectivity index (χ1) is 5.16. The van der Waals surface area contributed by atoms with E-state index in [0.717, 1.165) is 5.69 Å². The van der Waals surface area contributed by atoms with Crippen molar-refractivity contribution in [2.45, 2.75) is 20.3 Å². The molecule has 0 atom stereocenters. The zero-order valence-corrected chi connectivity index (χ0v) is 6.96. The highest BCUT2D eigenvalue weighted by Crippen LogP contribution is 2.04. The summed E-state index contributed by atoms with van der Waals surface area (Å²) in [6.07, 6.45) is 0.486.